The molecule has 1 amide bonds. The highest BCUT2D eigenvalue weighted by molar-refractivity contribution is 6.33. The molecular formula is C12H10ClFN4O. The van der Waals surface area contributed by atoms with Crippen molar-refractivity contribution in [2.24, 2.45) is 5.84 Å². The van der Waals surface area contributed by atoms with Crippen molar-refractivity contribution in [3.05, 3.63) is 53.1 Å². The second-order valence-corrected chi connectivity index (χ2v) is 4.06. The number of hydrogen-bond acceptors (Lipinski definition) is 4. The normalized spacial score (nSPS) is 10.1. The van der Waals surface area contributed by atoms with Gasteiger partial charge in [-0.3, -0.25) is 15.6 Å². The quantitative estimate of drug-likeness (QED) is 0.596. The average molecular weight is 281 g/mol. The number of anilines is 2. The Kier molecular flexibility index (Phi) is 3.94. The lowest BCUT2D eigenvalue weighted by Crippen LogP contribution is -2.15. The number of halogens is 2. The summed E-state index contributed by atoms with van der Waals surface area (Å²) in [6, 6.07) is 6.76. The molecule has 4 N–H and O–H groups in total. The van der Waals surface area contributed by atoms with E-state index in [4.69, 9.17) is 17.4 Å². The van der Waals surface area contributed by atoms with Crippen molar-refractivity contribution < 1.29 is 9.18 Å². The molecule has 0 atom stereocenters. The van der Waals surface area contributed by atoms with E-state index in [9.17, 15) is 9.18 Å². The van der Waals surface area contributed by atoms with Gasteiger partial charge in [0.2, 0.25) is 0 Å². The molecular weight excluding hydrogens is 271 g/mol. The van der Waals surface area contributed by atoms with Gasteiger partial charge in [-0.25, -0.2) is 4.39 Å². The lowest BCUT2D eigenvalue weighted by atomic mass is 10.2. The van der Waals surface area contributed by atoms with Crippen LogP contribution in [0, 0.1) is 5.82 Å². The van der Waals surface area contributed by atoms with Crippen LogP contribution in [0.1, 0.15) is 10.5 Å². The highest BCUT2D eigenvalue weighted by Gasteiger charge is 2.11. The predicted octanol–water partition coefficient (Wildman–Crippen LogP) is 2.41. The number of benzene rings is 1. The molecule has 0 radical (unpaired) electrons. The van der Waals surface area contributed by atoms with Crippen molar-refractivity contribution in [1.29, 1.82) is 0 Å². The number of rotatable bonds is 3. The van der Waals surface area contributed by atoms with Crippen molar-refractivity contribution in [2.75, 3.05) is 10.7 Å². The van der Waals surface area contributed by atoms with Crippen LogP contribution in [0.15, 0.2) is 36.5 Å². The standard InChI is InChI=1S/C12H10ClFN4O/c13-9-2-1-7(14)5-10(9)17-12(19)11-6-8(18-15)3-4-16-11/h1-6H,15H2,(H,16,18)(H,17,19). The molecule has 0 aliphatic carbocycles. The van der Waals surface area contributed by atoms with Crippen LogP contribution in [-0.2, 0) is 0 Å². The predicted molar refractivity (Wildman–Crippen MR) is 71.4 cm³/mol. The number of nitrogens with one attached hydrogen (secondary N) is 2. The van der Waals surface area contributed by atoms with E-state index in [1.54, 1.807) is 6.07 Å². The summed E-state index contributed by atoms with van der Waals surface area (Å²) in [5.74, 6) is 4.23. The third-order valence-electron chi connectivity index (χ3n) is 2.34. The van der Waals surface area contributed by atoms with Gasteiger partial charge in [0.1, 0.15) is 11.5 Å². The minimum absolute atomic E-state index is 0.135. The van der Waals surface area contributed by atoms with E-state index in [2.05, 4.69) is 15.7 Å². The van der Waals surface area contributed by atoms with E-state index >= 15 is 0 Å². The zero-order chi connectivity index (χ0) is 13.8. The Morgan fingerprint density at radius 1 is 1.32 bits per heavy atom. The van der Waals surface area contributed by atoms with Gasteiger partial charge in [-0.1, -0.05) is 11.6 Å². The number of pyridine rings is 1. The van der Waals surface area contributed by atoms with Crippen LogP contribution in [0.3, 0.4) is 0 Å². The Balaban J connectivity index is 2.22. The number of nitrogens with two attached hydrogens (primary N) is 1. The molecule has 98 valence electrons. The highest BCUT2D eigenvalue weighted by Crippen LogP contribution is 2.23. The van der Waals surface area contributed by atoms with Crippen molar-refractivity contribution in [2.45, 2.75) is 0 Å². The largest absolute Gasteiger partial charge is 0.324 e. The first-order valence-corrected chi connectivity index (χ1v) is 5.67. The number of amides is 1. The zero-order valence-corrected chi connectivity index (χ0v) is 10.4. The number of nitrogen functional groups attached to an aromatic ring is 1. The van der Waals surface area contributed by atoms with Crippen LogP contribution in [-0.4, -0.2) is 10.9 Å². The summed E-state index contributed by atoms with van der Waals surface area (Å²) in [4.78, 5) is 15.8. The van der Waals surface area contributed by atoms with Crippen LogP contribution in [0.25, 0.3) is 0 Å². The van der Waals surface area contributed by atoms with Crippen molar-refractivity contribution >= 4 is 28.9 Å². The van der Waals surface area contributed by atoms with Crippen molar-refractivity contribution in [3.8, 4) is 0 Å². The lowest BCUT2D eigenvalue weighted by molar-refractivity contribution is 0.102. The maximum atomic E-state index is 13.1. The van der Waals surface area contributed by atoms with Crippen LogP contribution < -0.4 is 16.6 Å². The van der Waals surface area contributed by atoms with E-state index in [0.29, 0.717) is 5.69 Å². The molecule has 2 rings (SSSR count). The summed E-state index contributed by atoms with van der Waals surface area (Å²) < 4.78 is 13.1. The minimum Gasteiger partial charge on any atom is -0.324 e. The molecule has 0 spiro atoms. The smallest absolute Gasteiger partial charge is 0.274 e. The molecule has 0 saturated carbocycles. The molecule has 5 nitrogen and oxygen atoms in total. The van der Waals surface area contributed by atoms with Gasteiger partial charge in [0.05, 0.1) is 16.4 Å². The fourth-order valence-electron chi connectivity index (χ4n) is 1.42. The lowest BCUT2D eigenvalue weighted by Gasteiger charge is -2.07. The number of carbonyl (C=O) groups is 1. The first-order chi connectivity index (χ1) is 9.10. The summed E-state index contributed by atoms with van der Waals surface area (Å²) >= 11 is 5.85. The molecule has 1 aromatic carbocycles. The Morgan fingerprint density at radius 3 is 2.84 bits per heavy atom. The molecule has 0 unspecified atom stereocenters. The zero-order valence-electron chi connectivity index (χ0n) is 9.65. The first-order valence-electron chi connectivity index (χ1n) is 5.29. The Hall–Kier alpha value is -2.18. The summed E-state index contributed by atoms with van der Waals surface area (Å²) in [6.07, 6.45) is 1.43. The molecule has 0 fully saturated rings. The maximum absolute atomic E-state index is 13.1. The van der Waals surface area contributed by atoms with Crippen LogP contribution >= 0.6 is 11.6 Å². The molecule has 0 saturated heterocycles. The van der Waals surface area contributed by atoms with Gasteiger partial charge in [0, 0.05) is 6.20 Å². The number of hydrogen-bond donors (Lipinski definition) is 3. The summed E-state index contributed by atoms with van der Waals surface area (Å²) in [5, 5.41) is 2.72. The SMILES string of the molecule is NNc1ccnc(C(=O)Nc2cc(F)ccc2Cl)c1. The fraction of sp³-hybridized carbons (Fsp3) is 0. The minimum atomic E-state index is -0.510. The number of carbonyl (C=O) groups excluding carboxylic acids is 1. The second kappa shape index (κ2) is 5.64. The van der Waals surface area contributed by atoms with E-state index < -0.39 is 11.7 Å². The molecule has 0 bridgehead atoms. The first kappa shape index (κ1) is 13.3. The van der Waals surface area contributed by atoms with Crippen molar-refractivity contribution in [3.63, 3.8) is 0 Å². The number of nitrogens with zero attached hydrogens (tertiary/aromatic N) is 1. The molecule has 7 heteroatoms. The fourth-order valence-corrected chi connectivity index (χ4v) is 1.59. The molecule has 0 aliphatic rings. The maximum Gasteiger partial charge on any atom is 0.274 e. The molecule has 19 heavy (non-hydrogen) atoms. The highest BCUT2D eigenvalue weighted by atomic mass is 35.5. The third-order valence-corrected chi connectivity index (χ3v) is 2.67. The summed E-state index contributed by atoms with van der Waals surface area (Å²) in [7, 11) is 0. The van der Waals surface area contributed by atoms with Gasteiger partial charge in [-0.2, -0.15) is 0 Å². The van der Waals surface area contributed by atoms with Gasteiger partial charge in [0.25, 0.3) is 5.91 Å². The van der Waals surface area contributed by atoms with Crippen molar-refractivity contribution in [1.82, 2.24) is 4.98 Å². The van der Waals surface area contributed by atoms with Crippen LogP contribution in [0.2, 0.25) is 5.02 Å². The van der Waals surface area contributed by atoms with Gasteiger partial charge in [0.15, 0.2) is 0 Å². The second-order valence-electron chi connectivity index (χ2n) is 3.65. The van der Waals surface area contributed by atoms with Crippen LogP contribution in [0.5, 0.6) is 0 Å². The molecule has 1 heterocycles. The summed E-state index contributed by atoms with van der Waals surface area (Å²) in [5.41, 5.74) is 3.25. The topological polar surface area (TPSA) is 80.0 Å². The van der Waals surface area contributed by atoms with E-state index in [-0.39, 0.29) is 16.4 Å². The van der Waals surface area contributed by atoms with Gasteiger partial charge in [-0.15, -0.1) is 0 Å². The monoisotopic (exact) mass is 280 g/mol. The molecule has 1 aromatic heterocycles. The third kappa shape index (κ3) is 3.18. The molecule has 0 aliphatic heterocycles. The Morgan fingerprint density at radius 2 is 2.11 bits per heavy atom. The Labute approximate surface area is 113 Å². The van der Waals surface area contributed by atoms with E-state index in [1.807, 2.05) is 0 Å². The molecule has 2 aromatic rings. The summed E-state index contributed by atoms with van der Waals surface area (Å²) in [6.45, 7) is 0. The van der Waals surface area contributed by atoms with E-state index in [0.717, 1.165) is 6.07 Å². The van der Waals surface area contributed by atoms with Gasteiger partial charge < -0.3 is 10.7 Å². The van der Waals surface area contributed by atoms with Crippen LogP contribution in [0.4, 0.5) is 15.8 Å². The Bertz CT molecular complexity index is 620. The number of aromatic nitrogens is 1. The average Bonchev–Trinajstić information content (AvgIpc) is 2.43. The van der Waals surface area contributed by atoms with Gasteiger partial charge >= 0.3 is 0 Å². The van der Waals surface area contributed by atoms with Gasteiger partial charge in [-0.05, 0) is 30.3 Å². The number of hydrazine groups is 1. The van der Waals surface area contributed by atoms with E-state index in [1.165, 1.54) is 24.4 Å².